The molecule has 126 valence electrons. The van der Waals surface area contributed by atoms with Crippen molar-refractivity contribution >= 4 is 15.9 Å². The fraction of sp³-hybridized carbons (Fsp3) is 0.933. The van der Waals surface area contributed by atoms with E-state index in [-0.39, 0.29) is 35.1 Å². The Labute approximate surface area is 132 Å². The molecule has 0 bridgehead atoms. The highest BCUT2D eigenvalue weighted by Gasteiger charge is 2.49. The van der Waals surface area contributed by atoms with Crippen LogP contribution in [0.2, 0.25) is 0 Å². The smallest absolute Gasteiger partial charge is 0.315 e. The molecule has 2 N–H and O–H groups in total. The van der Waals surface area contributed by atoms with Crippen LogP contribution in [0.1, 0.15) is 39.0 Å². The highest BCUT2D eigenvalue weighted by molar-refractivity contribution is 7.91. The van der Waals surface area contributed by atoms with E-state index < -0.39 is 9.84 Å². The van der Waals surface area contributed by atoms with Crippen LogP contribution in [0.25, 0.3) is 0 Å². The van der Waals surface area contributed by atoms with Crippen LogP contribution in [-0.2, 0) is 14.6 Å². The second kappa shape index (κ2) is 6.00. The summed E-state index contributed by atoms with van der Waals surface area (Å²) in [5.74, 6) is 1.35. The van der Waals surface area contributed by atoms with Gasteiger partial charge in [-0.2, -0.15) is 0 Å². The maximum absolute atomic E-state index is 12.2. The molecule has 7 heteroatoms. The molecule has 0 unspecified atom stereocenters. The lowest BCUT2D eigenvalue weighted by Gasteiger charge is -2.32. The number of hydrogen-bond acceptors (Lipinski definition) is 4. The molecule has 3 rings (SSSR count). The molecule has 3 fully saturated rings. The SMILES string of the molecule is C[C@]1(NC(=O)NCC2CCS(=O)(=O)CC2)CCO[C@@H]1C1CC1. The number of nitrogens with one attached hydrogen (secondary N) is 2. The number of hydrogen-bond donors (Lipinski definition) is 2. The number of carbonyl (C=O) groups is 1. The molecule has 0 aromatic carbocycles. The summed E-state index contributed by atoms with van der Waals surface area (Å²) in [4.78, 5) is 12.2. The predicted molar refractivity (Wildman–Crippen MR) is 83.4 cm³/mol. The van der Waals surface area contributed by atoms with Crippen molar-refractivity contribution in [2.24, 2.45) is 11.8 Å². The largest absolute Gasteiger partial charge is 0.375 e. The van der Waals surface area contributed by atoms with E-state index >= 15 is 0 Å². The minimum atomic E-state index is -2.84. The summed E-state index contributed by atoms with van der Waals surface area (Å²) in [6.45, 7) is 3.32. The normalized spacial score (nSPS) is 35.2. The Morgan fingerprint density at radius 1 is 1.23 bits per heavy atom. The van der Waals surface area contributed by atoms with E-state index in [0.717, 1.165) is 6.42 Å². The third-order valence-electron chi connectivity index (χ3n) is 5.22. The first-order valence-electron chi connectivity index (χ1n) is 8.26. The van der Waals surface area contributed by atoms with E-state index in [9.17, 15) is 13.2 Å². The lowest BCUT2D eigenvalue weighted by Crippen LogP contribution is -2.56. The van der Waals surface area contributed by atoms with Gasteiger partial charge < -0.3 is 15.4 Å². The third-order valence-corrected chi connectivity index (χ3v) is 6.94. The van der Waals surface area contributed by atoms with Crippen molar-refractivity contribution in [1.82, 2.24) is 10.6 Å². The van der Waals surface area contributed by atoms with E-state index in [0.29, 0.717) is 31.9 Å². The fourth-order valence-corrected chi connectivity index (χ4v) is 5.19. The van der Waals surface area contributed by atoms with Crippen molar-refractivity contribution in [3.63, 3.8) is 0 Å². The van der Waals surface area contributed by atoms with Crippen molar-refractivity contribution < 1.29 is 17.9 Å². The van der Waals surface area contributed by atoms with Gasteiger partial charge in [0.2, 0.25) is 0 Å². The van der Waals surface area contributed by atoms with Crippen molar-refractivity contribution in [3.05, 3.63) is 0 Å². The topological polar surface area (TPSA) is 84.5 Å². The predicted octanol–water partition coefficient (Wildman–Crippen LogP) is 1.07. The van der Waals surface area contributed by atoms with Crippen LogP contribution in [0.4, 0.5) is 4.79 Å². The molecular formula is C15H26N2O4S. The zero-order chi connectivity index (χ0) is 15.8. The molecule has 3 aliphatic rings. The van der Waals surface area contributed by atoms with Gasteiger partial charge in [-0.3, -0.25) is 0 Å². The van der Waals surface area contributed by atoms with Crippen LogP contribution in [0.5, 0.6) is 0 Å². The van der Waals surface area contributed by atoms with E-state index in [1.807, 2.05) is 0 Å². The average molecular weight is 330 g/mol. The quantitative estimate of drug-likeness (QED) is 0.807. The minimum absolute atomic E-state index is 0.137. The first kappa shape index (κ1) is 16.1. The van der Waals surface area contributed by atoms with Crippen molar-refractivity contribution in [2.75, 3.05) is 24.7 Å². The third kappa shape index (κ3) is 3.74. The molecule has 2 aliphatic heterocycles. The highest BCUT2D eigenvalue weighted by Crippen LogP contribution is 2.43. The molecule has 22 heavy (non-hydrogen) atoms. The van der Waals surface area contributed by atoms with Gasteiger partial charge in [0, 0.05) is 13.2 Å². The summed E-state index contributed by atoms with van der Waals surface area (Å²) < 4.78 is 28.6. The first-order chi connectivity index (χ1) is 10.4. The average Bonchev–Trinajstić information content (AvgIpc) is 3.21. The van der Waals surface area contributed by atoms with Gasteiger partial charge in [-0.05, 0) is 50.9 Å². The van der Waals surface area contributed by atoms with E-state index in [4.69, 9.17) is 4.74 Å². The molecule has 2 heterocycles. The molecule has 0 aromatic heterocycles. The van der Waals surface area contributed by atoms with Gasteiger partial charge in [0.15, 0.2) is 0 Å². The van der Waals surface area contributed by atoms with Gasteiger partial charge in [-0.1, -0.05) is 0 Å². The van der Waals surface area contributed by atoms with Crippen LogP contribution in [0.3, 0.4) is 0 Å². The number of rotatable bonds is 4. The number of carbonyl (C=O) groups excluding carboxylic acids is 1. The van der Waals surface area contributed by atoms with E-state index in [1.165, 1.54) is 12.8 Å². The molecule has 2 atom stereocenters. The monoisotopic (exact) mass is 330 g/mol. The standard InChI is InChI=1S/C15H26N2O4S/c1-15(6-7-21-13(15)12-2-3-12)17-14(18)16-10-11-4-8-22(19,20)9-5-11/h11-13H,2-10H2,1H3,(H2,16,17,18)/t13-,15+/m1/s1. The maximum Gasteiger partial charge on any atom is 0.315 e. The Morgan fingerprint density at radius 3 is 2.55 bits per heavy atom. The van der Waals surface area contributed by atoms with Gasteiger partial charge >= 0.3 is 6.03 Å². The van der Waals surface area contributed by atoms with Gasteiger partial charge in [0.1, 0.15) is 9.84 Å². The Kier molecular flexibility index (Phi) is 4.38. The number of amides is 2. The van der Waals surface area contributed by atoms with Crippen LogP contribution in [0, 0.1) is 11.8 Å². The molecule has 1 saturated carbocycles. The Hall–Kier alpha value is -0.820. The van der Waals surface area contributed by atoms with E-state index in [2.05, 4.69) is 17.6 Å². The van der Waals surface area contributed by atoms with Crippen LogP contribution in [0.15, 0.2) is 0 Å². The summed E-state index contributed by atoms with van der Waals surface area (Å²) in [6.07, 6.45) is 4.67. The fourth-order valence-electron chi connectivity index (χ4n) is 3.60. The zero-order valence-electron chi connectivity index (χ0n) is 13.1. The molecule has 0 radical (unpaired) electrons. The lowest BCUT2D eigenvalue weighted by molar-refractivity contribution is 0.0590. The van der Waals surface area contributed by atoms with Crippen LogP contribution in [-0.4, -0.2) is 50.7 Å². The van der Waals surface area contributed by atoms with Gasteiger partial charge in [-0.15, -0.1) is 0 Å². The molecule has 0 aromatic rings. The van der Waals surface area contributed by atoms with Gasteiger partial charge in [0.25, 0.3) is 0 Å². The van der Waals surface area contributed by atoms with Gasteiger partial charge in [-0.25, -0.2) is 13.2 Å². The van der Waals surface area contributed by atoms with Gasteiger partial charge in [0.05, 0.1) is 23.1 Å². The Balaban J connectivity index is 1.44. The molecule has 2 saturated heterocycles. The summed E-state index contributed by atoms with van der Waals surface area (Å²) in [5.41, 5.74) is -0.277. The summed E-state index contributed by atoms with van der Waals surface area (Å²) in [5, 5.41) is 6.00. The second-order valence-corrected chi connectivity index (χ2v) is 9.53. The minimum Gasteiger partial charge on any atom is -0.375 e. The number of sulfone groups is 1. The molecule has 1 aliphatic carbocycles. The number of urea groups is 1. The van der Waals surface area contributed by atoms with Crippen molar-refractivity contribution in [3.8, 4) is 0 Å². The Morgan fingerprint density at radius 2 is 1.91 bits per heavy atom. The number of ether oxygens (including phenoxy) is 1. The highest BCUT2D eigenvalue weighted by atomic mass is 32.2. The van der Waals surface area contributed by atoms with Crippen LogP contribution < -0.4 is 10.6 Å². The van der Waals surface area contributed by atoms with Crippen molar-refractivity contribution in [2.45, 2.75) is 50.7 Å². The second-order valence-electron chi connectivity index (χ2n) is 7.23. The summed E-state index contributed by atoms with van der Waals surface area (Å²) >= 11 is 0. The zero-order valence-corrected chi connectivity index (χ0v) is 14.0. The summed E-state index contributed by atoms with van der Waals surface area (Å²) in [6, 6.07) is -0.160. The molecule has 6 nitrogen and oxygen atoms in total. The maximum atomic E-state index is 12.2. The first-order valence-corrected chi connectivity index (χ1v) is 10.1. The molecular weight excluding hydrogens is 304 g/mol. The lowest BCUT2D eigenvalue weighted by atomic mass is 9.90. The molecule has 2 amide bonds. The van der Waals surface area contributed by atoms with Crippen LogP contribution >= 0.6 is 0 Å². The van der Waals surface area contributed by atoms with E-state index in [1.54, 1.807) is 0 Å². The summed E-state index contributed by atoms with van der Waals surface area (Å²) in [7, 11) is -2.84. The Bertz CT molecular complexity index is 518. The molecule has 0 spiro atoms. The van der Waals surface area contributed by atoms with Crippen molar-refractivity contribution in [1.29, 1.82) is 0 Å².